The Morgan fingerprint density at radius 1 is 1.00 bits per heavy atom. The number of rotatable bonds is 4. The van der Waals surface area contributed by atoms with E-state index >= 15 is 0 Å². The fourth-order valence-corrected chi connectivity index (χ4v) is 4.88. The Morgan fingerprint density at radius 3 is 2.54 bits per heavy atom. The monoisotopic (exact) mass is 359 g/mol. The van der Waals surface area contributed by atoms with Crippen molar-refractivity contribution in [1.29, 1.82) is 0 Å². The highest BCUT2D eigenvalue weighted by atomic mass is 35.5. The number of nitrogens with zero attached hydrogens (tertiary/aromatic N) is 1. The van der Waals surface area contributed by atoms with E-state index < -0.39 is 10.0 Å². The maximum Gasteiger partial charge on any atom is 0.265 e. The zero-order chi connectivity index (χ0) is 16.7. The van der Waals surface area contributed by atoms with Crippen LogP contribution in [-0.2, 0) is 10.0 Å². The lowest BCUT2D eigenvalue weighted by Crippen LogP contribution is -2.31. The van der Waals surface area contributed by atoms with Crippen LogP contribution >= 0.6 is 11.6 Å². The minimum Gasteiger partial charge on any atom is -0.492 e. The normalized spacial score (nSPS) is 15.0. The van der Waals surface area contributed by atoms with Gasteiger partial charge in [-0.15, -0.1) is 0 Å². The maximum atomic E-state index is 12.8. The van der Waals surface area contributed by atoms with Crippen LogP contribution in [-0.4, -0.2) is 21.6 Å². The lowest BCUT2D eigenvalue weighted by atomic mass is 10.1. The van der Waals surface area contributed by atoms with Crippen molar-refractivity contribution in [3.63, 3.8) is 0 Å². The van der Waals surface area contributed by atoms with Crippen LogP contribution in [0.2, 0.25) is 5.02 Å². The Hall–Kier alpha value is -2.24. The quantitative estimate of drug-likeness (QED) is 0.705. The molecular weight excluding hydrogens is 346 g/mol. The first kappa shape index (κ1) is 15.3. The first-order valence-corrected chi connectivity index (χ1v) is 9.32. The first-order chi connectivity index (χ1) is 11.6. The van der Waals surface area contributed by atoms with E-state index in [1.807, 2.05) is 24.3 Å². The van der Waals surface area contributed by atoms with Crippen molar-refractivity contribution < 1.29 is 13.2 Å². The van der Waals surface area contributed by atoms with Crippen LogP contribution in [0, 0.1) is 0 Å². The number of ether oxygens (including phenoxy) is 1. The summed E-state index contributed by atoms with van der Waals surface area (Å²) in [4.78, 5) is 0.360. The van der Waals surface area contributed by atoms with Gasteiger partial charge in [0.15, 0.2) is 0 Å². The molecule has 0 spiro atoms. The molecule has 0 fully saturated rings. The number of halogens is 1. The molecule has 4 nitrogen and oxygen atoms in total. The lowest BCUT2D eigenvalue weighted by molar-refractivity contribution is 0.329. The highest BCUT2D eigenvalue weighted by molar-refractivity contribution is 7.93. The summed E-state index contributed by atoms with van der Waals surface area (Å²) in [7, 11) is -3.53. The molecule has 0 saturated carbocycles. The fourth-order valence-electron chi connectivity index (χ4n) is 3.00. The molecule has 4 rings (SSSR count). The van der Waals surface area contributed by atoms with Gasteiger partial charge in [0.05, 0.1) is 17.1 Å². The van der Waals surface area contributed by atoms with Crippen molar-refractivity contribution in [2.75, 3.05) is 17.5 Å². The minimum absolute atomic E-state index is 0.239. The molecule has 0 radical (unpaired) electrons. The van der Waals surface area contributed by atoms with Gasteiger partial charge in [-0.25, -0.2) is 8.42 Å². The molecule has 0 aliphatic carbocycles. The maximum absolute atomic E-state index is 12.8. The largest absolute Gasteiger partial charge is 0.492 e. The summed E-state index contributed by atoms with van der Waals surface area (Å²) in [6.07, 6.45) is 0. The predicted octanol–water partition coefficient (Wildman–Crippen LogP) is 4.08. The van der Waals surface area contributed by atoms with E-state index in [9.17, 15) is 8.42 Å². The van der Waals surface area contributed by atoms with E-state index in [0.717, 1.165) is 10.8 Å². The minimum atomic E-state index is -3.53. The van der Waals surface area contributed by atoms with E-state index in [0.29, 0.717) is 21.4 Å². The van der Waals surface area contributed by atoms with Crippen molar-refractivity contribution >= 4 is 38.1 Å². The van der Waals surface area contributed by atoms with Gasteiger partial charge in [0.25, 0.3) is 10.0 Å². The topological polar surface area (TPSA) is 46.6 Å². The predicted molar refractivity (Wildman–Crippen MR) is 95.4 cm³/mol. The molecule has 0 amide bonds. The standard InChI is InChI=1S/C18H14ClNO3S/c19-14-6-3-7-15(12-14)23-11-10-20-16-8-1-4-13-5-2-9-17(18(13)16)24(20,21)22/h1-9,12H,10-11H2. The van der Waals surface area contributed by atoms with Crippen LogP contribution in [0.1, 0.15) is 0 Å². The number of benzene rings is 3. The molecule has 0 aromatic heterocycles. The van der Waals surface area contributed by atoms with Gasteiger partial charge in [-0.2, -0.15) is 0 Å². The van der Waals surface area contributed by atoms with Crippen molar-refractivity contribution in [3.05, 3.63) is 65.7 Å². The summed E-state index contributed by atoms with van der Waals surface area (Å²) in [5.74, 6) is 0.620. The molecule has 24 heavy (non-hydrogen) atoms. The van der Waals surface area contributed by atoms with Gasteiger partial charge in [-0.1, -0.05) is 41.9 Å². The Balaban J connectivity index is 1.62. The molecule has 0 atom stereocenters. The third kappa shape index (κ3) is 2.41. The summed E-state index contributed by atoms with van der Waals surface area (Å²) in [6.45, 7) is 0.479. The summed E-state index contributed by atoms with van der Waals surface area (Å²) < 4.78 is 32.7. The SMILES string of the molecule is O=S1(=O)c2cccc3cccc(c23)N1CCOc1cccc(Cl)c1. The molecule has 1 heterocycles. The van der Waals surface area contributed by atoms with Crippen LogP contribution in [0.5, 0.6) is 5.75 Å². The Bertz CT molecular complexity index is 1030. The zero-order valence-corrected chi connectivity index (χ0v) is 14.2. The summed E-state index contributed by atoms with van der Waals surface area (Å²) in [6, 6.07) is 18.0. The van der Waals surface area contributed by atoms with Crippen LogP contribution in [0.25, 0.3) is 10.8 Å². The second-order valence-corrected chi connectivity index (χ2v) is 7.78. The first-order valence-electron chi connectivity index (χ1n) is 7.50. The van der Waals surface area contributed by atoms with Gasteiger partial charge in [0.1, 0.15) is 12.4 Å². The third-order valence-corrected chi connectivity index (χ3v) is 6.13. The average Bonchev–Trinajstić information content (AvgIpc) is 2.78. The molecule has 3 aromatic carbocycles. The summed E-state index contributed by atoms with van der Waals surface area (Å²) >= 11 is 5.92. The van der Waals surface area contributed by atoms with E-state index in [4.69, 9.17) is 16.3 Å². The van der Waals surface area contributed by atoms with E-state index in [1.54, 1.807) is 36.4 Å². The summed E-state index contributed by atoms with van der Waals surface area (Å²) in [5, 5.41) is 2.29. The third-order valence-electron chi connectivity index (χ3n) is 4.04. The molecule has 0 saturated heterocycles. The van der Waals surface area contributed by atoms with Crippen molar-refractivity contribution in [2.24, 2.45) is 0 Å². The van der Waals surface area contributed by atoms with Crippen molar-refractivity contribution in [3.8, 4) is 5.75 Å². The number of hydrogen-bond acceptors (Lipinski definition) is 3. The molecule has 0 bridgehead atoms. The van der Waals surface area contributed by atoms with Gasteiger partial charge < -0.3 is 4.74 Å². The van der Waals surface area contributed by atoms with Crippen LogP contribution < -0.4 is 9.04 Å². The smallest absolute Gasteiger partial charge is 0.265 e. The Kier molecular flexibility index (Phi) is 3.62. The number of anilines is 1. The van der Waals surface area contributed by atoms with Gasteiger partial charge in [0, 0.05) is 10.4 Å². The average molecular weight is 360 g/mol. The van der Waals surface area contributed by atoms with E-state index in [-0.39, 0.29) is 13.2 Å². The van der Waals surface area contributed by atoms with Gasteiger partial charge in [-0.05, 0) is 35.7 Å². The van der Waals surface area contributed by atoms with Gasteiger partial charge in [0.2, 0.25) is 0 Å². The molecule has 1 aliphatic rings. The van der Waals surface area contributed by atoms with E-state index in [2.05, 4.69) is 0 Å². The zero-order valence-electron chi connectivity index (χ0n) is 12.6. The summed E-state index contributed by atoms with van der Waals surface area (Å²) in [5.41, 5.74) is 0.706. The molecule has 1 aliphatic heterocycles. The van der Waals surface area contributed by atoms with Crippen LogP contribution in [0.3, 0.4) is 0 Å². The number of hydrogen-bond donors (Lipinski definition) is 0. The molecule has 0 N–H and O–H groups in total. The Labute approximate surface area is 145 Å². The van der Waals surface area contributed by atoms with Crippen LogP contribution in [0.15, 0.2) is 65.6 Å². The highest BCUT2D eigenvalue weighted by Gasteiger charge is 2.35. The number of sulfonamides is 1. The van der Waals surface area contributed by atoms with Crippen molar-refractivity contribution in [2.45, 2.75) is 4.90 Å². The second kappa shape index (κ2) is 5.69. The fraction of sp³-hybridized carbons (Fsp3) is 0.111. The highest BCUT2D eigenvalue weighted by Crippen LogP contribution is 2.41. The van der Waals surface area contributed by atoms with Crippen LogP contribution in [0.4, 0.5) is 5.69 Å². The molecular formula is C18H14ClNO3S. The van der Waals surface area contributed by atoms with E-state index in [1.165, 1.54) is 4.31 Å². The van der Waals surface area contributed by atoms with Gasteiger partial charge in [-0.3, -0.25) is 4.31 Å². The molecule has 0 unspecified atom stereocenters. The van der Waals surface area contributed by atoms with Gasteiger partial charge >= 0.3 is 0 Å². The molecule has 6 heteroatoms. The Morgan fingerprint density at radius 2 is 1.75 bits per heavy atom. The second-order valence-electron chi connectivity index (χ2n) is 5.51. The molecule has 3 aromatic rings. The lowest BCUT2D eigenvalue weighted by Gasteiger charge is -2.19. The molecule has 122 valence electrons. The van der Waals surface area contributed by atoms with Crippen molar-refractivity contribution in [1.82, 2.24) is 0 Å².